The van der Waals surface area contributed by atoms with E-state index >= 15 is 0 Å². The van der Waals surface area contributed by atoms with Gasteiger partial charge < -0.3 is 0 Å². The molecule has 0 saturated carbocycles. The maximum Gasteiger partial charge on any atom is 0.263 e. The summed E-state index contributed by atoms with van der Waals surface area (Å²) in [5.74, 6) is -0.359. The Bertz CT molecular complexity index is 463. The topological polar surface area (TPSA) is 0 Å². The number of hydrogen-bond acceptors (Lipinski definition) is 0. The molecule has 0 heterocycles. The molecule has 0 amide bonds. The van der Waals surface area contributed by atoms with Crippen LogP contribution in [0.25, 0.3) is 10.8 Å². The highest BCUT2D eigenvalue weighted by atomic mass is 19.3. The van der Waals surface area contributed by atoms with E-state index in [0.29, 0.717) is 10.8 Å². The standard InChI is InChI=1S/C11H7F3/c12-10-4-3-7-5-9(11(13)14)2-1-8(7)6-10/h1-6,11H. The van der Waals surface area contributed by atoms with Crippen LogP contribution in [0.5, 0.6) is 0 Å². The molecule has 72 valence electrons. The van der Waals surface area contributed by atoms with E-state index in [9.17, 15) is 13.2 Å². The van der Waals surface area contributed by atoms with Gasteiger partial charge in [0.15, 0.2) is 0 Å². The van der Waals surface area contributed by atoms with Crippen molar-refractivity contribution in [1.82, 2.24) is 0 Å². The number of rotatable bonds is 1. The molecule has 0 bridgehead atoms. The molecule has 0 N–H and O–H groups in total. The first-order valence-corrected chi connectivity index (χ1v) is 4.14. The summed E-state index contributed by atoms with van der Waals surface area (Å²) in [5.41, 5.74) is -0.0379. The van der Waals surface area contributed by atoms with Gasteiger partial charge in [0.2, 0.25) is 0 Å². The molecule has 2 aromatic carbocycles. The third-order valence-electron chi connectivity index (χ3n) is 2.08. The van der Waals surface area contributed by atoms with Gasteiger partial charge in [-0.25, -0.2) is 13.2 Å². The summed E-state index contributed by atoms with van der Waals surface area (Å²) >= 11 is 0. The molecule has 0 atom stereocenters. The monoisotopic (exact) mass is 196 g/mol. The second-order valence-corrected chi connectivity index (χ2v) is 3.05. The smallest absolute Gasteiger partial charge is 0.207 e. The van der Waals surface area contributed by atoms with Gasteiger partial charge in [-0.15, -0.1) is 0 Å². The van der Waals surface area contributed by atoms with Gasteiger partial charge in [-0.2, -0.15) is 0 Å². The molecular formula is C11H7F3. The molecule has 0 unspecified atom stereocenters. The van der Waals surface area contributed by atoms with Crippen molar-refractivity contribution in [2.24, 2.45) is 0 Å². The van der Waals surface area contributed by atoms with E-state index in [4.69, 9.17) is 0 Å². The fraction of sp³-hybridized carbons (Fsp3) is 0.0909. The Morgan fingerprint density at radius 3 is 2.21 bits per heavy atom. The van der Waals surface area contributed by atoms with Gasteiger partial charge in [0, 0.05) is 5.56 Å². The molecule has 0 aliphatic rings. The Labute approximate surface area is 79.0 Å². The number of alkyl halides is 2. The molecule has 0 radical (unpaired) electrons. The van der Waals surface area contributed by atoms with Crippen molar-refractivity contribution in [1.29, 1.82) is 0 Å². The Hall–Kier alpha value is -1.51. The fourth-order valence-electron chi connectivity index (χ4n) is 1.37. The second kappa shape index (κ2) is 3.33. The lowest BCUT2D eigenvalue weighted by molar-refractivity contribution is 0.151. The van der Waals surface area contributed by atoms with Crippen LogP contribution in [0, 0.1) is 5.82 Å². The van der Waals surface area contributed by atoms with Crippen molar-refractivity contribution in [3.63, 3.8) is 0 Å². The van der Waals surface area contributed by atoms with Gasteiger partial charge in [0.1, 0.15) is 5.82 Å². The third-order valence-corrected chi connectivity index (χ3v) is 2.08. The van der Waals surface area contributed by atoms with E-state index in [1.807, 2.05) is 0 Å². The van der Waals surface area contributed by atoms with E-state index < -0.39 is 6.43 Å². The summed E-state index contributed by atoms with van der Waals surface area (Å²) in [6.07, 6.45) is -2.48. The predicted octanol–water partition coefficient (Wildman–Crippen LogP) is 3.92. The summed E-state index contributed by atoms with van der Waals surface area (Å²) < 4.78 is 37.3. The number of fused-ring (bicyclic) bond motifs is 1. The molecule has 3 heteroatoms. The lowest BCUT2D eigenvalue weighted by Gasteiger charge is -2.02. The maximum absolute atomic E-state index is 12.7. The Morgan fingerprint density at radius 1 is 0.857 bits per heavy atom. The molecule has 0 saturated heterocycles. The van der Waals surface area contributed by atoms with E-state index in [1.165, 1.54) is 36.4 Å². The number of hydrogen-bond donors (Lipinski definition) is 0. The largest absolute Gasteiger partial charge is 0.263 e. The molecule has 0 fully saturated rings. The van der Waals surface area contributed by atoms with Crippen LogP contribution in [0.4, 0.5) is 13.2 Å². The first-order valence-electron chi connectivity index (χ1n) is 4.14. The number of halogens is 3. The highest BCUT2D eigenvalue weighted by Gasteiger charge is 2.07. The summed E-state index contributed by atoms with van der Waals surface area (Å²) in [6, 6.07) is 8.27. The Kier molecular flexibility index (Phi) is 2.15. The lowest BCUT2D eigenvalue weighted by atomic mass is 10.1. The lowest BCUT2D eigenvalue weighted by Crippen LogP contribution is -1.84. The minimum atomic E-state index is -2.48. The molecule has 0 aliphatic heterocycles. The van der Waals surface area contributed by atoms with Crippen molar-refractivity contribution in [2.75, 3.05) is 0 Å². The van der Waals surface area contributed by atoms with Crippen LogP contribution >= 0.6 is 0 Å². The maximum atomic E-state index is 12.7. The first-order chi connectivity index (χ1) is 6.66. The second-order valence-electron chi connectivity index (χ2n) is 3.05. The van der Waals surface area contributed by atoms with Gasteiger partial charge in [0.25, 0.3) is 6.43 Å². The molecular weight excluding hydrogens is 189 g/mol. The minimum Gasteiger partial charge on any atom is -0.207 e. The van der Waals surface area contributed by atoms with Crippen molar-refractivity contribution < 1.29 is 13.2 Å². The summed E-state index contributed by atoms with van der Waals surface area (Å²) in [6.45, 7) is 0. The average Bonchev–Trinajstić information content (AvgIpc) is 2.16. The van der Waals surface area contributed by atoms with Gasteiger partial charge in [-0.1, -0.05) is 18.2 Å². The van der Waals surface area contributed by atoms with E-state index in [1.54, 1.807) is 0 Å². The SMILES string of the molecule is Fc1ccc2cc(C(F)F)ccc2c1. The molecule has 0 aromatic heterocycles. The molecule has 0 aliphatic carbocycles. The first kappa shape index (κ1) is 9.06. The van der Waals surface area contributed by atoms with Crippen LogP contribution in [0.15, 0.2) is 36.4 Å². The van der Waals surface area contributed by atoms with Crippen molar-refractivity contribution in [2.45, 2.75) is 6.43 Å². The fourth-order valence-corrected chi connectivity index (χ4v) is 1.37. The van der Waals surface area contributed by atoms with Crippen molar-refractivity contribution in [3.8, 4) is 0 Å². The van der Waals surface area contributed by atoms with E-state index in [2.05, 4.69) is 0 Å². The summed E-state index contributed by atoms with van der Waals surface area (Å²) in [4.78, 5) is 0. The molecule has 0 spiro atoms. The summed E-state index contributed by atoms with van der Waals surface area (Å²) in [7, 11) is 0. The Balaban J connectivity index is 2.62. The zero-order valence-electron chi connectivity index (χ0n) is 7.18. The average molecular weight is 196 g/mol. The van der Waals surface area contributed by atoms with Gasteiger partial charge in [-0.05, 0) is 29.0 Å². The van der Waals surface area contributed by atoms with E-state index in [0.717, 1.165) is 0 Å². The quantitative estimate of drug-likeness (QED) is 0.648. The van der Waals surface area contributed by atoms with E-state index in [-0.39, 0.29) is 11.4 Å². The zero-order valence-corrected chi connectivity index (χ0v) is 7.18. The van der Waals surface area contributed by atoms with Gasteiger partial charge in [0.05, 0.1) is 0 Å². The van der Waals surface area contributed by atoms with Crippen LogP contribution in [0.2, 0.25) is 0 Å². The van der Waals surface area contributed by atoms with Crippen LogP contribution in [-0.4, -0.2) is 0 Å². The minimum absolute atomic E-state index is 0.0379. The molecule has 2 aromatic rings. The molecule has 14 heavy (non-hydrogen) atoms. The third kappa shape index (κ3) is 1.58. The normalized spacial score (nSPS) is 11.1. The summed E-state index contributed by atoms with van der Waals surface area (Å²) in [5, 5.41) is 1.26. The van der Waals surface area contributed by atoms with Crippen LogP contribution in [0.1, 0.15) is 12.0 Å². The predicted molar refractivity (Wildman–Crippen MR) is 48.9 cm³/mol. The van der Waals surface area contributed by atoms with Gasteiger partial charge >= 0.3 is 0 Å². The Morgan fingerprint density at radius 2 is 1.50 bits per heavy atom. The van der Waals surface area contributed by atoms with Gasteiger partial charge in [-0.3, -0.25) is 0 Å². The van der Waals surface area contributed by atoms with Crippen LogP contribution in [-0.2, 0) is 0 Å². The van der Waals surface area contributed by atoms with Crippen molar-refractivity contribution >= 4 is 10.8 Å². The van der Waals surface area contributed by atoms with Crippen LogP contribution < -0.4 is 0 Å². The highest BCUT2D eigenvalue weighted by molar-refractivity contribution is 5.83. The zero-order chi connectivity index (χ0) is 10.1. The highest BCUT2D eigenvalue weighted by Crippen LogP contribution is 2.23. The van der Waals surface area contributed by atoms with Crippen molar-refractivity contribution in [3.05, 3.63) is 47.8 Å². The molecule has 2 rings (SSSR count). The molecule has 0 nitrogen and oxygen atoms in total. The number of benzene rings is 2. The van der Waals surface area contributed by atoms with Crippen LogP contribution in [0.3, 0.4) is 0 Å².